The van der Waals surface area contributed by atoms with Gasteiger partial charge in [-0.15, -0.1) is 11.8 Å². The van der Waals surface area contributed by atoms with E-state index in [1.165, 1.54) is 0 Å². The summed E-state index contributed by atoms with van der Waals surface area (Å²) in [6.45, 7) is 1.10. The number of hydrogen-bond acceptors (Lipinski definition) is 11. The molecule has 384 valence electrons. The number of aliphatic hydroxyl groups is 1. The molecular weight excluding hydrogens is 987 g/mol. The second-order valence-electron chi connectivity index (χ2n) is 17.8. The molecule has 1 N–H and O–H groups in total. The first-order chi connectivity index (χ1) is 36.9. The van der Waals surface area contributed by atoms with Gasteiger partial charge < -0.3 is 24.1 Å². The van der Waals surface area contributed by atoms with Gasteiger partial charge in [0.1, 0.15) is 18.1 Å². The second kappa shape index (κ2) is 26.1. The summed E-state index contributed by atoms with van der Waals surface area (Å²) in [4.78, 5) is 61.9. The number of esters is 4. The lowest BCUT2D eigenvalue weighted by Crippen LogP contribution is -2.37. The van der Waals surface area contributed by atoms with Crippen molar-refractivity contribution in [3.63, 3.8) is 0 Å². The number of aliphatic hydroxyl groups excluding tert-OH is 1. The Bertz CT molecular complexity index is 3170. The minimum Gasteiger partial charge on any atom is -0.462 e. The van der Waals surface area contributed by atoms with Crippen molar-refractivity contribution in [2.24, 2.45) is 5.92 Å². The highest BCUT2D eigenvalue weighted by Crippen LogP contribution is 2.38. The number of rotatable bonds is 17. The fourth-order valence-electron chi connectivity index (χ4n) is 8.27. The van der Waals surface area contributed by atoms with E-state index in [4.69, 9.17) is 18.9 Å². The van der Waals surface area contributed by atoms with Crippen molar-refractivity contribution in [3.05, 3.63) is 241 Å². The highest BCUT2D eigenvalue weighted by molar-refractivity contribution is 8.00. The van der Waals surface area contributed by atoms with Crippen molar-refractivity contribution in [2.45, 2.75) is 42.2 Å². The van der Waals surface area contributed by atoms with Gasteiger partial charge in [0.15, 0.2) is 24.7 Å². The third-order valence-electron chi connectivity index (χ3n) is 12.5. The first kappa shape index (κ1) is 53.8. The summed E-state index contributed by atoms with van der Waals surface area (Å²) in [7, 11) is 0. The molecule has 0 bridgehead atoms. The van der Waals surface area contributed by atoms with Crippen molar-refractivity contribution in [2.75, 3.05) is 13.2 Å². The van der Waals surface area contributed by atoms with Crippen molar-refractivity contribution < 1.29 is 56.8 Å². The molecule has 13 heteroatoms. The van der Waals surface area contributed by atoms with Gasteiger partial charge in [-0.05, 0) is 93.0 Å². The van der Waals surface area contributed by atoms with Gasteiger partial charge in [0, 0.05) is 5.92 Å². The molecule has 1 saturated heterocycles. The van der Waals surface area contributed by atoms with E-state index >= 15 is 0 Å². The molecule has 0 aromatic heterocycles. The van der Waals surface area contributed by atoms with E-state index in [0.29, 0.717) is 11.1 Å². The number of hydrogen-bond donors (Lipinski definition) is 1. The fourth-order valence-corrected chi connectivity index (χ4v) is 9.44. The molecule has 0 saturated carbocycles. The zero-order chi connectivity index (χ0) is 53.4. The molecule has 10 nitrogen and oxygen atoms in total. The highest BCUT2D eigenvalue weighted by Gasteiger charge is 2.47. The number of thioether (sulfide) groups is 1. The van der Waals surface area contributed by atoms with Gasteiger partial charge in [0.05, 0.1) is 34.1 Å². The Balaban J connectivity index is 0.000000201. The van der Waals surface area contributed by atoms with Crippen molar-refractivity contribution in [3.8, 4) is 44.5 Å². The van der Waals surface area contributed by atoms with Crippen molar-refractivity contribution in [1.82, 2.24) is 0 Å². The summed E-state index contributed by atoms with van der Waals surface area (Å²) >= 11 is 0.882. The molecule has 1 aliphatic heterocycles. The number of alkyl halides is 2. The first-order valence-electron chi connectivity index (χ1n) is 24.4. The summed E-state index contributed by atoms with van der Waals surface area (Å²) in [6.07, 6.45) is -6.47. The monoisotopic (exact) mass is 1040 g/mol. The SMILES string of the molecule is C[C@@H](COC(=O)c1ccc(-c2ccccc2)cc1)[C@@H](OC(=O)c1ccc(-c2ccccc2)cc1)[C@H](F)C=O.O=C(OC[C@H]1SC(O)[C@@H](F)[C@@H]1OC(=O)c1ccc(-c2ccccc2)cc1)c1ccc(-c2ccccc2)cc1. The van der Waals surface area contributed by atoms with Crippen LogP contribution < -0.4 is 0 Å². The predicted molar refractivity (Wildman–Crippen MR) is 289 cm³/mol. The van der Waals surface area contributed by atoms with Crippen LogP contribution in [0.25, 0.3) is 44.5 Å². The molecule has 7 atom stereocenters. The molecular formula is C63H52F2O10S. The van der Waals surface area contributed by atoms with E-state index < -0.39 is 65.0 Å². The largest absolute Gasteiger partial charge is 0.462 e. The van der Waals surface area contributed by atoms with Gasteiger partial charge in [-0.25, -0.2) is 28.0 Å². The van der Waals surface area contributed by atoms with E-state index in [1.807, 2.05) is 146 Å². The Kier molecular flexibility index (Phi) is 18.5. The number of ether oxygens (including phenoxy) is 4. The van der Waals surface area contributed by atoms with Gasteiger partial charge >= 0.3 is 23.9 Å². The molecule has 1 unspecified atom stereocenters. The number of halogens is 2. The number of aldehydes is 1. The summed E-state index contributed by atoms with van der Waals surface area (Å²) in [6, 6.07) is 66.2. The van der Waals surface area contributed by atoms with Crippen LogP contribution in [0, 0.1) is 5.92 Å². The van der Waals surface area contributed by atoms with Gasteiger partial charge in [0.25, 0.3) is 0 Å². The average Bonchev–Trinajstić information content (AvgIpc) is 3.75. The lowest BCUT2D eigenvalue weighted by atomic mass is 10.0. The minimum atomic E-state index is -2.07. The lowest BCUT2D eigenvalue weighted by Gasteiger charge is -2.24. The zero-order valence-corrected chi connectivity index (χ0v) is 41.9. The summed E-state index contributed by atoms with van der Waals surface area (Å²) in [5.41, 5.74) is 7.55. The van der Waals surface area contributed by atoms with Crippen LogP contribution >= 0.6 is 11.8 Å². The molecule has 1 aliphatic rings. The van der Waals surface area contributed by atoms with E-state index in [0.717, 1.165) is 56.3 Å². The maximum Gasteiger partial charge on any atom is 0.338 e. The maximum absolute atomic E-state index is 14.8. The second-order valence-corrected chi connectivity index (χ2v) is 19.1. The molecule has 0 amide bonds. The van der Waals surface area contributed by atoms with Crippen LogP contribution in [0.1, 0.15) is 48.4 Å². The van der Waals surface area contributed by atoms with Crippen LogP contribution in [-0.2, 0) is 23.7 Å². The number of carbonyl (C=O) groups is 5. The van der Waals surface area contributed by atoms with Gasteiger partial charge in [-0.1, -0.05) is 177 Å². The highest BCUT2D eigenvalue weighted by atomic mass is 32.2. The average molecular weight is 1040 g/mol. The van der Waals surface area contributed by atoms with E-state index in [-0.39, 0.29) is 30.6 Å². The molecule has 8 aromatic carbocycles. The summed E-state index contributed by atoms with van der Waals surface area (Å²) in [5, 5.41) is 9.31. The smallest absolute Gasteiger partial charge is 0.338 e. The third-order valence-corrected chi connectivity index (χ3v) is 13.8. The quantitative estimate of drug-likeness (QED) is 0.0529. The van der Waals surface area contributed by atoms with Crippen LogP contribution in [0.2, 0.25) is 0 Å². The fraction of sp³-hybridized carbons (Fsp3) is 0.159. The van der Waals surface area contributed by atoms with E-state index in [2.05, 4.69) is 0 Å². The van der Waals surface area contributed by atoms with Crippen LogP contribution in [0.4, 0.5) is 8.78 Å². The minimum absolute atomic E-state index is 0.0804. The predicted octanol–water partition coefficient (Wildman–Crippen LogP) is 12.8. The normalized spacial score (nSPS) is 16.8. The molecule has 1 fully saturated rings. The number of benzene rings is 8. The van der Waals surface area contributed by atoms with E-state index in [1.54, 1.807) is 79.7 Å². The van der Waals surface area contributed by atoms with E-state index in [9.17, 15) is 37.9 Å². The van der Waals surface area contributed by atoms with Gasteiger partial charge in [0.2, 0.25) is 0 Å². The van der Waals surface area contributed by atoms with Crippen molar-refractivity contribution in [1.29, 1.82) is 0 Å². The molecule has 0 spiro atoms. The standard InChI is InChI=1S/C32H27FO5.C31H25FO5S/c1-22(21-37-31(35)27-16-12-25(13-17-27)23-8-4-2-5-9-23)30(29(33)20-34)38-32(36)28-18-14-26(15-19-28)24-10-6-3-7-11-24;32-27-28(37-30(34)25-17-13-23(14-18-25)21-9-5-2-6-10-21)26(38-31(27)35)19-36-29(33)24-15-11-22(12-16-24)20-7-3-1-4-8-20/h2-20,22,29-30H,21H2,1H3;1-18,26-28,31,35H,19H2/t22-,29+,30+;26-,27+,28-,31?/m01/s1. The topological polar surface area (TPSA) is 143 Å². The van der Waals surface area contributed by atoms with Gasteiger partial charge in [-0.3, -0.25) is 4.79 Å². The Morgan fingerprint density at radius 2 is 0.829 bits per heavy atom. The van der Waals surface area contributed by atoms with Crippen LogP contribution in [-0.4, -0.2) is 83.7 Å². The van der Waals surface area contributed by atoms with Crippen LogP contribution in [0.3, 0.4) is 0 Å². The van der Waals surface area contributed by atoms with Crippen LogP contribution in [0.15, 0.2) is 218 Å². The molecule has 76 heavy (non-hydrogen) atoms. The zero-order valence-electron chi connectivity index (χ0n) is 41.1. The molecule has 0 radical (unpaired) electrons. The molecule has 8 aromatic rings. The Morgan fingerprint density at radius 3 is 1.20 bits per heavy atom. The Labute approximate surface area is 443 Å². The molecule has 0 aliphatic carbocycles. The Morgan fingerprint density at radius 1 is 0.500 bits per heavy atom. The van der Waals surface area contributed by atoms with Gasteiger partial charge in [-0.2, -0.15) is 0 Å². The molecule has 1 heterocycles. The first-order valence-corrected chi connectivity index (χ1v) is 25.3. The van der Waals surface area contributed by atoms with Crippen molar-refractivity contribution >= 4 is 41.9 Å². The Hall–Kier alpha value is -8.52. The number of carbonyl (C=O) groups excluding carboxylic acids is 5. The van der Waals surface area contributed by atoms with Crippen LogP contribution in [0.5, 0.6) is 0 Å². The summed E-state index contributed by atoms with van der Waals surface area (Å²) < 4.78 is 50.8. The maximum atomic E-state index is 14.8. The lowest BCUT2D eigenvalue weighted by molar-refractivity contribution is -0.117. The third kappa shape index (κ3) is 14.0. The summed E-state index contributed by atoms with van der Waals surface area (Å²) in [5.74, 6) is -3.42. The molecule has 9 rings (SSSR count).